The molecule has 0 bridgehead atoms. The highest BCUT2D eigenvalue weighted by Gasteiger charge is 2.17. The summed E-state index contributed by atoms with van der Waals surface area (Å²) in [6.45, 7) is -0.0480. The van der Waals surface area contributed by atoms with E-state index in [9.17, 15) is 18.0 Å². The fourth-order valence-corrected chi connectivity index (χ4v) is 3.77. The minimum atomic E-state index is -3.51. The second kappa shape index (κ2) is 9.55. The molecule has 31 heavy (non-hydrogen) atoms. The number of carbonyl (C=O) groups is 2. The molecule has 0 aliphatic heterocycles. The number of benzene rings is 3. The van der Waals surface area contributed by atoms with Crippen molar-refractivity contribution in [2.75, 3.05) is 31.3 Å². The first-order valence-corrected chi connectivity index (χ1v) is 11.0. The Balaban J connectivity index is 1.65. The SMILES string of the molecule is CN(C)S(=O)(=O)c1ccc(NCC(=O)Nc2ccccc2C(=O)c2ccccc2)cc1. The van der Waals surface area contributed by atoms with E-state index in [0.29, 0.717) is 22.5 Å². The number of nitrogens with one attached hydrogen (secondary N) is 2. The van der Waals surface area contributed by atoms with Gasteiger partial charge in [0.15, 0.2) is 5.78 Å². The largest absolute Gasteiger partial charge is 0.376 e. The predicted molar refractivity (Wildman–Crippen MR) is 121 cm³/mol. The van der Waals surface area contributed by atoms with Crippen LogP contribution in [0.3, 0.4) is 0 Å². The van der Waals surface area contributed by atoms with Gasteiger partial charge in [0.2, 0.25) is 15.9 Å². The van der Waals surface area contributed by atoms with Gasteiger partial charge in [-0.2, -0.15) is 0 Å². The summed E-state index contributed by atoms with van der Waals surface area (Å²) in [5.41, 5.74) is 1.97. The van der Waals surface area contributed by atoms with Crippen molar-refractivity contribution in [3.63, 3.8) is 0 Å². The lowest BCUT2D eigenvalue weighted by molar-refractivity contribution is -0.114. The third-order valence-electron chi connectivity index (χ3n) is 4.57. The maximum Gasteiger partial charge on any atom is 0.243 e. The first-order chi connectivity index (χ1) is 14.8. The second-order valence-electron chi connectivity index (χ2n) is 6.95. The van der Waals surface area contributed by atoms with E-state index < -0.39 is 10.0 Å². The van der Waals surface area contributed by atoms with E-state index in [1.165, 1.54) is 26.2 Å². The molecule has 0 fully saturated rings. The van der Waals surface area contributed by atoms with Crippen LogP contribution in [0.5, 0.6) is 0 Å². The van der Waals surface area contributed by atoms with Crippen LogP contribution in [0.4, 0.5) is 11.4 Å². The van der Waals surface area contributed by atoms with Crippen LogP contribution in [0.2, 0.25) is 0 Å². The van der Waals surface area contributed by atoms with E-state index in [4.69, 9.17) is 0 Å². The first-order valence-electron chi connectivity index (χ1n) is 9.54. The van der Waals surface area contributed by atoms with Crippen molar-refractivity contribution >= 4 is 33.1 Å². The van der Waals surface area contributed by atoms with Crippen molar-refractivity contribution in [2.45, 2.75) is 4.90 Å². The van der Waals surface area contributed by atoms with Crippen LogP contribution in [0.1, 0.15) is 15.9 Å². The zero-order valence-electron chi connectivity index (χ0n) is 17.2. The number of ketones is 1. The molecule has 8 heteroatoms. The quantitative estimate of drug-likeness (QED) is 0.528. The average molecular weight is 438 g/mol. The molecule has 1 amide bonds. The Bertz CT molecular complexity index is 1170. The lowest BCUT2D eigenvalue weighted by Gasteiger charge is -2.13. The van der Waals surface area contributed by atoms with Gasteiger partial charge in [-0.1, -0.05) is 42.5 Å². The highest BCUT2D eigenvalue weighted by molar-refractivity contribution is 7.89. The number of nitrogens with zero attached hydrogens (tertiary/aromatic N) is 1. The summed E-state index contributed by atoms with van der Waals surface area (Å²) in [6, 6.07) is 21.8. The maximum atomic E-state index is 12.8. The van der Waals surface area contributed by atoms with Crippen LogP contribution in [0, 0.1) is 0 Å². The number of carbonyl (C=O) groups excluding carboxylic acids is 2. The van der Waals surface area contributed by atoms with Gasteiger partial charge in [0.05, 0.1) is 17.1 Å². The first kappa shape index (κ1) is 22.2. The molecule has 3 aromatic rings. The Hall–Kier alpha value is -3.49. The summed E-state index contributed by atoms with van der Waals surface area (Å²) in [4.78, 5) is 25.4. The summed E-state index contributed by atoms with van der Waals surface area (Å²) >= 11 is 0. The van der Waals surface area contributed by atoms with Crippen LogP contribution in [0.25, 0.3) is 0 Å². The molecule has 0 atom stereocenters. The number of para-hydroxylation sites is 1. The molecule has 0 unspecified atom stereocenters. The van der Waals surface area contributed by atoms with Crippen LogP contribution >= 0.6 is 0 Å². The fraction of sp³-hybridized carbons (Fsp3) is 0.130. The van der Waals surface area contributed by atoms with Gasteiger partial charge in [-0.05, 0) is 36.4 Å². The molecule has 3 rings (SSSR count). The highest BCUT2D eigenvalue weighted by atomic mass is 32.2. The van der Waals surface area contributed by atoms with Crippen molar-refractivity contribution < 1.29 is 18.0 Å². The molecular formula is C23H23N3O4S. The summed E-state index contributed by atoms with van der Waals surface area (Å²) in [5, 5.41) is 5.70. The lowest BCUT2D eigenvalue weighted by atomic mass is 10.0. The van der Waals surface area contributed by atoms with Gasteiger partial charge in [-0.25, -0.2) is 12.7 Å². The molecule has 3 aromatic carbocycles. The van der Waals surface area contributed by atoms with Gasteiger partial charge in [0, 0.05) is 30.9 Å². The Morgan fingerprint density at radius 1 is 0.839 bits per heavy atom. The molecular weight excluding hydrogens is 414 g/mol. The van der Waals surface area contributed by atoms with E-state index in [-0.39, 0.29) is 23.1 Å². The Morgan fingerprint density at radius 3 is 2.10 bits per heavy atom. The van der Waals surface area contributed by atoms with Crippen LogP contribution in [0.15, 0.2) is 83.8 Å². The van der Waals surface area contributed by atoms with Crippen LogP contribution in [-0.2, 0) is 14.8 Å². The molecule has 160 valence electrons. The summed E-state index contributed by atoms with van der Waals surface area (Å²) < 4.78 is 25.4. The van der Waals surface area contributed by atoms with E-state index in [0.717, 1.165) is 4.31 Å². The standard InChI is InChI=1S/C23H23N3O4S/c1-26(2)31(29,30)19-14-12-18(13-15-19)24-16-22(27)25-21-11-7-6-10-20(21)23(28)17-8-4-3-5-9-17/h3-15,24H,16H2,1-2H3,(H,25,27). The van der Waals surface area contributed by atoms with Crippen LogP contribution in [-0.4, -0.2) is 45.1 Å². The molecule has 7 nitrogen and oxygen atoms in total. The fourth-order valence-electron chi connectivity index (χ4n) is 2.87. The van der Waals surface area contributed by atoms with Crippen LogP contribution < -0.4 is 10.6 Å². The van der Waals surface area contributed by atoms with E-state index in [1.54, 1.807) is 60.7 Å². The van der Waals surface area contributed by atoms with E-state index >= 15 is 0 Å². The molecule has 2 N–H and O–H groups in total. The smallest absolute Gasteiger partial charge is 0.243 e. The molecule has 0 aliphatic carbocycles. The molecule has 0 saturated carbocycles. The van der Waals surface area contributed by atoms with Gasteiger partial charge in [0.25, 0.3) is 0 Å². The Labute approximate surface area is 181 Å². The third-order valence-corrected chi connectivity index (χ3v) is 6.40. The normalized spacial score (nSPS) is 11.2. The monoisotopic (exact) mass is 437 g/mol. The highest BCUT2D eigenvalue weighted by Crippen LogP contribution is 2.20. The Kier molecular flexibility index (Phi) is 6.84. The van der Waals surface area contributed by atoms with Crippen molar-refractivity contribution in [1.82, 2.24) is 4.31 Å². The number of anilines is 2. The molecule has 0 aromatic heterocycles. The molecule has 0 radical (unpaired) electrons. The van der Waals surface area contributed by atoms with E-state index in [2.05, 4.69) is 10.6 Å². The molecule has 0 aliphatic rings. The van der Waals surface area contributed by atoms with Crippen molar-refractivity contribution in [3.8, 4) is 0 Å². The summed E-state index contributed by atoms with van der Waals surface area (Å²) in [7, 11) is -0.578. The summed E-state index contributed by atoms with van der Waals surface area (Å²) in [6.07, 6.45) is 0. The molecule has 0 spiro atoms. The van der Waals surface area contributed by atoms with Gasteiger partial charge in [0.1, 0.15) is 0 Å². The maximum absolute atomic E-state index is 12.8. The van der Waals surface area contributed by atoms with Gasteiger partial charge in [-0.3, -0.25) is 9.59 Å². The van der Waals surface area contributed by atoms with Gasteiger partial charge >= 0.3 is 0 Å². The number of hydrogen-bond donors (Lipinski definition) is 2. The number of hydrogen-bond acceptors (Lipinski definition) is 5. The Morgan fingerprint density at radius 2 is 1.45 bits per heavy atom. The van der Waals surface area contributed by atoms with Crippen molar-refractivity contribution in [1.29, 1.82) is 0 Å². The topological polar surface area (TPSA) is 95.6 Å². The number of amides is 1. The zero-order chi connectivity index (χ0) is 22.4. The van der Waals surface area contributed by atoms with E-state index in [1.807, 2.05) is 6.07 Å². The third kappa shape index (κ3) is 5.36. The van der Waals surface area contributed by atoms with Gasteiger partial charge in [-0.15, -0.1) is 0 Å². The minimum absolute atomic E-state index is 0.0480. The number of sulfonamides is 1. The molecule has 0 saturated heterocycles. The van der Waals surface area contributed by atoms with Crippen molar-refractivity contribution in [2.24, 2.45) is 0 Å². The zero-order valence-corrected chi connectivity index (χ0v) is 18.0. The van der Waals surface area contributed by atoms with Crippen molar-refractivity contribution in [3.05, 3.63) is 90.0 Å². The molecule has 0 heterocycles. The second-order valence-corrected chi connectivity index (χ2v) is 9.11. The minimum Gasteiger partial charge on any atom is -0.376 e. The lowest BCUT2D eigenvalue weighted by Crippen LogP contribution is -2.23. The number of rotatable bonds is 8. The average Bonchev–Trinajstić information content (AvgIpc) is 2.78. The van der Waals surface area contributed by atoms with Gasteiger partial charge < -0.3 is 10.6 Å². The predicted octanol–water partition coefficient (Wildman–Crippen LogP) is 3.22. The summed E-state index contributed by atoms with van der Waals surface area (Å²) in [5.74, 6) is -0.513.